The van der Waals surface area contributed by atoms with Crippen LogP contribution in [0.2, 0.25) is 0 Å². The zero-order chi connectivity index (χ0) is 13.7. The summed E-state index contributed by atoms with van der Waals surface area (Å²) in [5.74, 6) is 0.318. The highest BCUT2D eigenvalue weighted by Crippen LogP contribution is 2.17. The molecule has 1 aliphatic rings. The van der Waals surface area contributed by atoms with Gasteiger partial charge in [-0.15, -0.1) is 0 Å². The van der Waals surface area contributed by atoms with Crippen LogP contribution in [0.4, 0.5) is 0 Å². The summed E-state index contributed by atoms with van der Waals surface area (Å²) in [7, 11) is 1.51. The van der Waals surface area contributed by atoms with Crippen LogP contribution in [-0.4, -0.2) is 72.2 Å². The molecule has 19 heavy (non-hydrogen) atoms. The summed E-state index contributed by atoms with van der Waals surface area (Å²) in [6, 6.07) is 3.46. The molecular formula is C13H19N3O3. The van der Waals surface area contributed by atoms with Crippen LogP contribution in [0.15, 0.2) is 18.3 Å². The van der Waals surface area contributed by atoms with Crippen molar-refractivity contribution in [3.63, 3.8) is 0 Å². The Hall–Kier alpha value is -1.66. The van der Waals surface area contributed by atoms with Crippen molar-refractivity contribution in [2.45, 2.75) is 0 Å². The Balaban J connectivity index is 2.01. The van der Waals surface area contributed by atoms with E-state index in [9.17, 15) is 4.79 Å². The standard InChI is InChI=1S/C13H19N3O3/c1-19-12-11(3-2-4-14-12)13(18)16-7-5-15(6-8-16)9-10-17/h2-4,17H,5-10H2,1H3. The van der Waals surface area contributed by atoms with Crippen molar-refractivity contribution in [2.24, 2.45) is 0 Å². The SMILES string of the molecule is COc1ncccc1C(=O)N1CCN(CCO)CC1. The highest BCUT2D eigenvalue weighted by Gasteiger charge is 2.24. The Labute approximate surface area is 112 Å². The van der Waals surface area contributed by atoms with E-state index in [2.05, 4.69) is 9.88 Å². The number of piperazine rings is 1. The molecule has 0 radical (unpaired) electrons. The largest absolute Gasteiger partial charge is 0.480 e. The molecule has 0 atom stereocenters. The number of methoxy groups -OCH3 is 1. The average molecular weight is 265 g/mol. The minimum atomic E-state index is -0.0476. The molecule has 0 aromatic carbocycles. The molecule has 1 aromatic rings. The van der Waals surface area contributed by atoms with Gasteiger partial charge in [-0.05, 0) is 12.1 Å². The van der Waals surface area contributed by atoms with Crippen molar-refractivity contribution in [1.82, 2.24) is 14.8 Å². The first-order chi connectivity index (χ1) is 9.26. The average Bonchev–Trinajstić information content (AvgIpc) is 2.47. The summed E-state index contributed by atoms with van der Waals surface area (Å²) >= 11 is 0. The van der Waals surface area contributed by atoms with Crippen molar-refractivity contribution < 1.29 is 14.6 Å². The van der Waals surface area contributed by atoms with E-state index in [1.165, 1.54) is 7.11 Å². The number of pyridine rings is 1. The van der Waals surface area contributed by atoms with Crippen LogP contribution in [0.5, 0.6) is 5.88 Å². The molecule has 1 aliphatic heterocycles. The summed E-state index contributed by atoms with van der Waals surface area (Å²) in [6.07, 6.45) is 1.61. The third-order valence-electron chi connectivity index (χ3n) is 3.27. The molecule has 0 unspecified atom stereocenters. The van der Waals surface area contributed by atoms with Gasteiger partial charge in [0.15, 0.2) is 0 Å². The summed E-state index contributed by atoms with van der Waals surface area (Å²) in [6.45, 7) is 3.72. The van der Waals surface area contributed by atoms with Gasteiger partial charge in [-0.1, -0.05) is 0 Å². The first-order valence-electron chi connectivity index (χ1n) is 6.37. The maximum absolute atomic E-state index is 12.4. The summed E-state index contributed by atoms with van der Waals surface area (Å²) < 4.78 is 5.11. The highest BCUT2D eigenvalue weighted by atomic mass is 16.5. The van der Waals surface area contributed by atoms with Crippen molar-refractivity contribution in [2.75, 3.05) is 46.4 Å². The molecule has 1 N–H and O–H groups in total. The number of nitrogens with zero attached hydrogens (tertiary/aromatic N) is 3. The van der Waals surface area contributed by atoms with E-state index in [-0.39, 0.29) is 12.5 Å². The molecule has 0 saturated carbocycles. The van der Waals surface area contributed by atoms with Crippen molar-refractivity contribution in [1.29, 1.82) is 0 Å². The van der Waals surface area contributed by atoms with E-state index < -0.39 is 0 Å². The van der Waals surface area contributed by atoms with E-state index >= 15 is 0 Å². The lowest BCUT2D eigenvalue weighted by molar-refractivity contribution is 0.0611. The van der Waals surface area contributed by atoms with Gasteiger partial charge in [0, 0.05) is 38.9 Å². The van der Waals surface area contributed by atoms with Gasteiger partial charge in [-0.2, -0.15) is 0 Å². The van der Waals surface area contributed by atoms with E-state index in [0.717, 1.165) is 13.1 Å². The number of amides is 1. The Morgan fingerprint density at radius 1 is 1.42 bits per heavy atom. The molecule has 6 heteroatoms. The molecule has 0 aliphatic carbocycles. The molecule has 1 aromatic heterocycles. The fraction of sp³-hybridized carbons (Fsp3) is 0.538. The van der Waals surface area contributed by atoms with Gasteiger partial charge >= 0.3 is 0 Å². The van der Waals surface area contributed by atoms with E-state index in [1.54, 1.807) is 23.2 Å². The van der Waals surface area contributed by atoms with Crippen LogP contribution in [0.1, 0.15) is 10.4 Å². The smallest absolute Gasteiger partial charge is 0.259 e. The molecule has 6 nitrogen and oxygen atoms in total. The molecule has 1 fully saturated rings. The fourth-order valence-electron chi connectivity index (χ4n) is 2.20. The van der Waals surface area contributed by atoms with Gasteiger partial charge in [0.1, 0.15) is 5.56 Å². The molecule has 0 bridgehead atoms. The third-order valence-corrected chi connectivity index (χ3v) is 3.27. The van der Waals surface area contributed by atoms with Crippen LogP contribution in [-0.2, 0) is 0 Å². The predicted molar refractivity (Wildman–Crippen MR) is 70.2 cm³/mol. The van der Waals surface area contributed by atoms with E-state index in [1.807, 2.05) is 0 Å². The summed E-state index contributed by atoms with van der Waals surface area (Å²) in [5, 5.41) is 8.89. The number of aromatic nitrogens is 1. The highest BCUT2D eigenvalue weighted by molar-refractivity contribution is 5.96. The number of β-amino-alcohol motifs (C(OH)–C–C–N with tert-alkyl or cyclic N) is 1. The Bertz CT molecular complexity index is 431. The van der Waals surface area contributed by atoms with E-state index in [4.69, 9.17) is 9.84 Å². The molecule has 0 spiro atoms. The number of ether oxygens (including phenoxy) is 1. The molecule has 1 saturated heterocycles. The first-order valence-corrected chi connectivity index (χ1v) is 6.37. The molecule has 1 amide bonds. The van der Waals surface area contributed by atoms with Crippen molar-refractivity contribution in [3.05, 3.63) is 23.9 Å². The van der Waals surface area contributed by atoms with E-state index in [0.29, 0.717) is 31.1 Å². The normalized spacial score (nSPS) is 16.4. The second-order valence-corrected chi connectivity index (χ2v) is 4.42. The maximum atomic E-state index is 12.4. The lowest BCUT2D eigenvalue weighted by atomic mass is 10.2. The zero-order valence-electron chi connectivity index (χ0n) is 11.1. The number of hydrogen-bond donors (Lipinski definition) is 1. The van der Waals surface area contributed by atoms with Crippen molar-refractivity contribution >= 4 is 5.91 Å². The van der Waals surface area contributed by atoms with Crippen LogP contribution in [0.25, 0.3) is 0 Å². The number of rotatable bonds is 4. The summed E-state index contributed by atoms with van der Waals surface area (Å²) in [4.78, 5) is 20.4. The molecule has 2 rings (SSSR count). The monoisotopic (exact) mass is 265 g/mol. The second kappa shape index (κ2) is 6.49. The number of aliphatic hydroxyl groups excluding tert-OH is 1. The van der Waals surface area contributed by atoms with Crippen LogP contribution in [0, 0.1) is 0 Å². The molecule has 2 heterocycles. The van der Waals surface area contributed by atoms with Gasteiger partial charge in [-0.3, -0.25) is 9.69 Å². The Kier molecular flexibility index (Phi) is 4.70. The number of aliphatic hydroxyl groups is 1. The van der Waals surface area contributed by atoms with Gasteiger partial charge in [0.25, 0.3) is 5.91 Å². The Morgan fingerprint density at radius 3 is 2.79 bits per heavy atom. The topological polar surface area (TPSA) is 65.9 Å². The van der Waals surface area contributed by atoms with Crippen molar-refractivity contribution in [3.8, 4) is 5.88 Å². The molecule has 104 valence electrons. The van der Waals surface area contributed by atoms with Gasteiger partial charge < -0.3 is 14.7 Å². The second-order valence-electron chi connectivity index (χ2n) is 4.42. The number of carbonyl (C=O) groups is 1. The lowest BCUT2D eigenvalue weighted by Crippen LogP contribution is -2.49. The number of carbonyl (C=O) groups excluding carboxylic acids is 1. The minimum absolute atomic E-state index is 0.0476. The quantitative estimate of drug-likeness (QED) is 0.819. The van der Waals surface area contributed by atoms with Gasteiger partial charge in [0.2, 0.25) is 5.88 Å². The predicted octanol–water partition coefficient (Wildman–Crippen LogP) is -0.160. The van der Waals surface area contributed by atoms with Crippen LogP contribution in [0.3, 0.4) is 0 Å². The maximum Gasteiger partial charge on any atom is 0.259 e. The van der Waals surface area contributed by atoms with Crippen LogP contribution >= 0.6 is 0 Å². The number of hydrogen-bond acceptors (Lipinski definition) is 5. The zero-order valence-corrected chi connectivity index (χ0v) is 11.1. The lowest BCUT2D eigenvalue weighted by Gasteiger charge is -2.34. The van der Waals surface area contributed by atoms with Crippen LogP contribution < -0.4 is 4.74 Å². The molecular weight excluding hydrogens is 246 g/mol. The fourth-order valence-corrected chi connectivity index (χ4v) is 2.20. The first kappa shape index (κ1) is 13.8. The summed E-state index contributed by atoms with van der Waals surface area (Å²) in [5.41, 5.74) is 0.501. The third kappa shape index (κ3) is 3.21. The van der Waals surface area contributed by atoms with Gasteiger partial charge in [-0.25, -0.2) is 4.98 Å². The Morgan fingerprint density at radius 2 is 2.16 bits per heavy atom. The van der Waals surface area contributed by atoms with Gasteiger partial charge in [0.05, 0.1) is 13.7 Å². The minimum Gasteiger partial charge on any atom is -0.480 e.